The van der Waals surface area contributed by atoms with Crippen molar-refractivity contribution in [3.05, 3.63) is 29.8 Å². The van der Waals surface area contributed by atoms with E-state index >= 15 is 0 Å². The van der Waals surface area contributed by atoms with Gasteiger partial charge in [-0.2, -0.15) is 0 Å². The van der Waals surface area contributed by atoms with E-state index in [0.717, 1.165) is 5.56 Å². The van der Waals surface area contributed by atoms with Crippen molar-refractivity contribution >= 4 is 5.97 Å². The Morgan fingerprint density at radius 1 is 1.50 bits per heavy atom. The average Bonchev–Trinajstić information content (AvgIpc) is 2.26. The maximum atomic E-state index is 11.0. The molecule has 1 aromatic carbocycles. The fourth-order valence-corrected chi connectivity index (χ4v) is 1.38. The standard InChI is InChI=1S/C12H17NO3/c1-9-5-2-3-6-10(9)16-11(12(14)15)7-4-8-13/h2-3,5-6,11H,4,7-8,13H2,1H3,(H,14,15). The van der Waals surface area contributed by atoms with Gasteiger partial charge in [0, 0.05) is 0 Å². The fourth-order valence-electron chi connectivity index (χ4n) is 1.38. The van der Waals surface area contributed by atoms with Gasteiger partial charge in [-0.05, 0) is 37.9 Å². The highest BCUT2D eigenvalue weighted by Crippen LogP contribution is 2.19. The zero-order chi connectivity index (χ0) is 12.0. The van der Waals surface area contributed by atoms with Crippen LogP contribution in [0.2, 0.25) is 0 Å². The molecule has 1 aromatic rings. The Labute approximate surface area is 95.0 Å². The number of ether oxygens (including phenoxy) is 1. The summed E-state index contributed by atoms with van der Waals surface area (Å²) < 4.78 is 5.45. The summed E-state index contributed by atoms with van der Waals surface area (Å²) in [7, 11) is 0. The van der Waals surface area contributed by atoms with Crippen LogP contribution in [0.15, 0.2) is 24.3 Å². The van der Waals surface area contributed by atoms with E-state index in [1.165, 1.54) is 0 Å². The summed E-state index contributed by atoms with van der Waals surface area (Å²) in [6.45, 7) is 2.36. The van der Waals surface area contributed by atoms with Gasteiger partial charge in [-0.25, -0.2) is 4.79 Å². The van der Waals surface area contributed by atoms with Crippen LogP contribution in [0.3, 0.4) is 0 Å². The molecule has 4 nitrogen and oxygen atoms in total. The Kier molecular flexibility index (Phi) is 4.79. The number of nitrogens with two attached hydrogens (primary N) is 1. The highest BCUT2D eigenvalue weighted by molar-refractivity contribution is 5.72. The molecule has 0 saturated heterocycles. The number of hydrogen-bond acceptors (Lipinski definition) is 3. The minimum atomic E-state index is -0.947. The van der Waals surface area contributed by atoms with Crippen LogP contribution in [-0.4, -0.2) is 23.7 Å². The largest absolute Gasteiger partial charge is 0.479 e. The average molecular weight is 223 g/mol. The predicted octanol–water partition coefficient (Wildman–Crippen LogP) is 1.57. The normalized spacial score (nSPS) is 12.1. The number of aliphatic carboxylic acids is 1. The third-order valence-corrected chi connectivity index (χ3v) is 2.31. The molecular formula is C12H17NO3. The molecular weight excluding hydrogens is 206 g/mol. The van der Waals surface area contributed by atoms with Crippen LogP contribution in [0.4, 0.5) is 0 Å². The van der Waals surface area contributed by atoms with E-state index in [2.05, 4.69) is 0 Å². The van der Waals surface area contributed by atoms with Gasteiger partial charge in [-0.3, -0.25) is 0 Å². The SMILES string of the molecule is Cc1ccccc1OC(CCCN)C(=O)O. The van der Waals surface area contributed by atoms with Gasteiger partial charge in [-0.15, -0.1) is 0 Å². The lowest BCUT2D eigenvalue weighted by Gasteiger charge is -2.16. The van der Waals surface area contributed by atoms with Crippen LogP contribution in [0.25, 0.3) is 0 Å². The van der Waals surface area contributed by atoms with Crippen molar-refractivity contribution in [1.82, 2.24) is 0 Å². The molecule has 0 aliphatic carbocycles. The first-order chi connectivity index (χ1) is 7.65. The summed E-state index contributed by atoms with van der Waals surface area (Å²) in [5, 5.41) is 8.99. The van der Waals surface area contributed by atoms with Crippen LogP contribution in [-0.2, 0) is 4.79 Å². The Morgan fingerprint density at radius 2 is 2.19 bits per heavy atom. The molecule has 0 spiro atoms. The molecule has 0 aliphatic rings. The smallest absolute Gasteiger partial charge is 0.344 e. The van der Waals surface area contributed by atoms with Gasteiger partial charge < -0.3 is 15.6 Å². The number of hydrogen-bond donors (Lipinski definition) is 2. The van der Waals surface area contributed by atoms with Gasteiger partial charge in [0.25, 0.3) is 0 Å². The molecule has 3 N–H and O–H groups in total. The van der Waals surface area contributed by atoms with Gasteiger partial charge in [0.2, 0.25) is 0 Å². The second-order valence-electron chi connectivity index (χ2n) is 3.64. The third kappa shape index (κ3) is 3.55. The van der Waals surface area contributed by atoms with Crippen molar-refractivity contribution in [2.24, 2.45) is 5.73 Å². The molecule has 1 atom stereocenters. The number of aryl methyl sites for hydroxylation is 1. The summed E-state index contributed by atoms with van der Waals surface area (Å²) in [5.74, 6) is -0.330. The second kappa shape index (κ2) is 6.12. The van der Waals surface area contributed by atoms with Gasteiger partial charge >= 0.3 is 5.97 Å². The lowest BCUT2D eigenvalue weighted by atomic mass is 10.2. The molecule has 4 heteroatoms. The molecule has 0 amide bonds. The third-order valence-electron chi connectivity index (χ3n) is 2.31. The molecule has 16 heavy (non-hydrogen) atoms. The van der Waals surface area contributed by atoms with Crippen molar-refractivity contribution in [3.63, 3.8) is 0 Å². The van der Waals surface area contributed by atoms with Crippen LogP contribution in [0.1, 0.15) is 18.4 Å². The van der Waals surface area contributed by atoms with Crippen LogP contribution >= 0.6 is 0 Å². The van der Waals surface area contributed by atoms with Crippen molar-refractivity contribution in [2.75, 3.05) is 6.54 Å². The lowest BCUT2D eigenvalue weighted by Crippen LogP contribution is -2.28. The molecule has 0 heterocycles. The molecule has 0 bridgehead atoms. The molecule has 0 aliphatic heterocycles. The van der Waals surface area contributed by atoms with Crippen molar-refractivity contribution in [1.29, 1.82) is 0 Å². The lowest BCUT2D eigenvalue weighted by molar-refractivity contribution is -0.145. The van der Waals surface area contributed by atoms with E-state index < -0.39 is 12.1 Å². The highest BCUT2D eigenvalue weighted by Gasteiger charge is 2.19. The first kappa shape index (κ1) is 12.5. The van der Waals surface area contributed by atoms with Crippen molar-refractivity contribution in [2.45, 2.75) is 25.9 Å². The van der Waals surface area contributed by atoms with Crippen molar-refractivity contribution in [3.8, 4) is 5.75 Å². The molecule has 0 saturated carbocycles. The number of carbonyl (C=O) groups is 1. The summed E-state index contributed by atoms with van der Waals surface area (Å²) in [6, 6.07) is 7.37. The predicted molar refractivity (Wildman–Crippen MR) is 61.5 cm³/mol. The Balaban J connectivity index is 2.68. The molecule has 0 fully saturated rings. The number of para-hydroxylation sites is 1. The summed E-state index contributed by atoms with van der Waals surface area (Å²) in [5.41, 5.74) is 6.28. The minimum absolute atomic E-state index is 0.431. The zero-order valence-electron chi connectivity index (χ0n) is 9.35. The topological polar surface area (TPSA) is 72.5 Å². The monoisotopic (exact) mass is 223 g/mol. The van der Waals surface area contributed by atoms with Gasteiger partial charge in [0.15, 0.2) is 6.10 Å². The number of carboxylic acid groups (broad SMARTS) is 1. The fraction of sp³-hybridized carbons (Fsp3) is 0.417. The second-order valence-corrected chi connectivity index (χ2v) is 3.64. The van der Waals surface area contributed by atoms with Crippen LogP contribution < -0.4 is 10.5 Å². The van der Waals surface area contributed by atoms with E-state index in [1.54, 1.807) is 6.07 Å². The number of carboxylic acids is 1. The summed E-state index contributed by atoms with van der Waals surface area (Å²) in [6.07, 6.45) is 0.257. The summed E-state index contributed by atoms with van der Waals surface area (Å²) in [4.78, 5) is 11.0. The van der Waals surface area contributed by atoms with Gasteiger partial charge in [0.1, 0.15) is 5.75 Å². The Morgan fingerprint density at radius 3 is 2.75 bits per heavy atom. The van der Waals surface area contributed by atoms with Crippen molar-refractivity contribution < 1.29 is 14.6 Å². The van der Waals surface area contributed by atoms with Gasteiger partial charge in [-0.1, -0.05) is 18.2 Å². The van der Waals surface area contributed by atoms with E-state index in [-0.39, 0.29) is 0 Å². The maximum Gasteiger partial charge on any atom is 0.344 e. The number of benzene rings is 1. The minimum Gasteiger partial charge on any atom is -0.479 e. The molecule has 88 valence electrons. The van der Waals surface area contributed by atoms with Crippen LogP contribution in [0, 0.1) is 6.92 Å². The van der Waals surface area contributed by atoms with E-state index in [0.29, 0.717) is 25.1 Å². The Hall–Kier alpha value is -1.55. The van der Waals surface area contributed by atoms with E-state index in [9.17, 15) is 4.79 Å². The quantitative estimate of drug-likeness (QED) is 0.767. The molecule has 0 radical (unpaired) electrons. The highest BCUT2D eigenvalue weighted by atomic mass is 16.5. The summed E-state index contributed by atoms with van der Waals surface area (Å²) >= 11 is 0. The van der Waals surface area contributed by atoms with Gasteiger partial charge in [0.05, 0.1) is 0 Å². The van der Waals surface area contributed by atoms with E-state index in [4.69, 9.17) is 15.6 Å². The molecule has 1 unspecified atom stereocenters. The van der Waals surface area contributed by atoms with E-state index in [1.807, 2.05) is 25.1 Å². The first-order valence-corrected chi connectivity index (χ1v) is 5.30. The zero-order valence-corrected chi connectivity index (χ0v) is 9.35. The number of rotatable bonds is 6. The molecule has 1 rings (SSSR count). The first-order valence-electron chi connectivity index (χ1n) is 5.30. The molecule has 0 aromatic heterocycles. The van der Waals surface area contributed by atoms with Crippen LogP contribution in [0.5, 0.6) is 5.75 Å². The Bertz CT molecular complexity index is 352. The maximum absolute atomic E-state index is 11.0.